The lowest BCUT2D eigenvalue weighted by Gasteiger charge is -2.13. The zero-order valence-electron chi connectivity index (χ0n) is 25.8. The maximum atomic E-state index is 14.5. The van der Waals surface area contributed by atoms with Crippen LogP contribution in [0.2, 0.25) is 0 Å². The van der Waals surface area contributed by atoms with Crippen molar-refractivity contribution in [2.45, 2.75) is 64.2 Å². The summed E-state index contributed by atoms with van der Waals surface area (Å²) in [7, 11) is 0. The minimum atomic E-state index is -0.384. The Morgan fingerprint density at radius 1 is 0.511 bits per heavy atom. The second-order valence-electron chi connectivity index (χ2n) is 11.4. The van der Waals surface area contributed by atoms with E-state index in [0.717, 1.165) is 64.2 Å². The van der Waals surface area contributed by atoms with E-state index in [-0.39, 0.29) is 23.3 Å². The lowest BCUT2D eigenvalue weighted by Crippen LogP contribution is -2.00. The summed E-state index contributed by atoms with van der Waals surface area (Å²) in [5.74, 6) is 0.0581. The number of hydrogen-bond donors (Lipinski definition) is 0. The van der Waals surface area contributed by atoms with Crippen LogP contribution in [0.25, 0.3) is 22.3 Å². The van der Waals surface area contributed by atoms with E-state index in [1.807, 2.05) is 0 Å². The number of unbranched alkanes of at least 4 members (excludes halogenated alkanes) is 6. The van der Waals surface area contributed by atoms with Gasteiger partial charge in [-0.2, -0.15) is 0 Å². The lowest BCUT2D eigenvalue weighted by molar-refractivity contribution is 0.301. The summed E-state index contributed by atoms with van der Waals surface area (Å²) >= 11 is 0. The molecule has 0 heterocycles. The number of rotatable bonds is 19. The average Bonchev–Trinajstić information content (AvgIpc) is 3.04. The van der Waals surface area contributed by atoms with Gasteiger partial charge in [-0.1, -0.05) is 68.9 Å². The van der Waals surface area contributed by atoms with Crippen molar-refractivity contribution >= 4 is 0 Å². The quantitative estimate of drug-likeness (QED) is 0.0591. The molecule has 6 heteroatoms. The van der Waals surface area contributed by atoms with Gasteiger partial charge >= 0.3 is 0 Å². The van der Waals surface area contributed by atoms with Crippen molar-refractivity contribution in [2.75, 3.05) is 13.2 Å². The Hall–Kier alpha value is -4.06. The van der Waals surface area contributed by atoms with E-state index in [0.29, 0.717) is 52.9 Å². The summed E-state index contributed by atoms with van der Waals surface area (Å²) in [5.41, 5.74) is 2.11. The highest BCUT2D eigenvalue weighted by molar-refractivity contribution is 5.65. The van der Waals surface area contributed by atoms with Crippen molar-refractivity contribution < 1.29 is 27.0 Å². The van der Waals surface area contributed by atoms with Crippen molar-refractivity contribution in [2.24, 2.45) is 5.92 Å². The van der Waals surface area contributed by atoms with Crippen LogP contribution in [-0.4, -0.2) is 13.2 Å². The van der Waals surface area contributed by atoms with Crippen LogP contribution < -0.4 is 9.47 Å². The zero-order valence-corrected chi connectivity index (χ0v) is 25.8. The van der Waals surface area contributed by atoms with Crippen LogP contribution in [0.4, 0.5) is 17.6 Å². The van der Waals surface area contributed by atoms with Gasteiger partial charge in [-0.05, 0) is 91.3 Å². The second kappa shape index (κ2) is 18.0. The number of hydrogen-bond acceptors (Lipinski definition) is 2. The minimum Gasteiger partial charge on any atom is -0.493 e. The fourth-order valence-corrected chi connectivity index (χ4v) is 5.38. The smallest absolute Gasteiger partial charge is 0.134 e. The molecule has 45 heavy (non-hydrogen) atoms. The Morgan fingerprint density at radius 3 is 1.29 bits per heavy atom. The van der Waals surface area contributed by atoms with E-state index in [1.165, 1.54) is 36.4 Å². The van der Waals surface area contributed by atoms with Gasteiger partial charge in [0, 0.05) is 23.3 Å². The molecular weight excluding hydrogens is 576 g/mol. The standard InChI is InChI=1S/C39H42F4O2/c1-2-29(11-7-3-5-9-25-44-34-21-23-36(38(42)27-34)30-13-17-32(40)18-14-30)12-8-4-6-10-26-45-35-22-24-37(39(43)28-35)31-15-19-33(41)20-16-31/h2,13-24,27-29H,1,3-12,25-26H2. The lowest BCUT2D eigenvalue weighted by atomic mass is 9.94. The third-order valence-corrected chi connectivity index (χ3v) is 8.00. The summed E-state index contributed by atoms with van der Waals surface area (Å²) < 4.78 is 66.8. The summed E-state index contributed by atoms with van der Waals surface area (Å²) in [6.45, 7) is 5.11. The maximum absolute atomic E-state index is 14.5. The molecule has 0 unspecified atom stereocenters. The van der Waals surface area contributed by atoms with Crippen LogP contribution >= 0.6 is 0 Å². The summed E-state index contributed by atoms with van der Waals surface area (Å²) in [4.78, 5) is 0. The highest BCUT2D eigenvalue weighted by Gasteiger charge is 2.09. The van der Waals surface area contributed by atoms with Crippen LogP contribution in [0.1, 0.15) is 64.2 Å². The first-order valence-electron chi connectivity index (χ1n) is 15.9. The first kappa shape index (κ1) is 33.8. The third-order valence-electron chi connectivity index (χ3n) is 8.00. The Kier molecular flexibility index (Phi) is 13.6. The number of benzene rings is 4. The Morgan fingerprint density at radius 2 is 0.911 bits per heavy atom. The first-order chi connectivity index (χ1) is 21.9. The molecule has 0 aliphatic heterocycles. The molecule has 0 aliphatic rings. The molecular formula is C39H42F4O2. The maximum Gasteiger partial charge on any atom is 0.134 e. The van der Waals surface area contributed by atoms with Gasteiger partial charge in [-0.15, -0.1) is 6.58 Å². The van der Waals surface area contributed by atoms with Crippen molar-refractivity contribution in [3.63, 3.8) is 0 Å². The minimum absolute atomic E-state index is 0.348. The van der Waals surface area contributed by atoms with E-state index in [9.17, 15) is 17.6 Å². The van der Waals surface area contributed by atoms with E-state index in [4.69, 9.17) is 9.47 Å². The van der Waals surface area contributed by atoms with Gasteiger partial charge < -0.3 is 9.47 Å². The molecule has 0 bridgehead atoms. The Balaban J connectivity index is 1.01. The normalized spacial score (nSPS) is 11.1. The molecule has 0 N–H and O–H groups in total. The number of halogens is 4. The second-order valence-corrected chi connectivity index (χ2v) is 11.4. The SMILES string of the molecule is C=CC(CCCCCCOc1ccc(-c2ccc(F)cc2)c(F)c1)CCCCCCOc1ccc(-c2ccc(F)cc2)c(F)c1. The molecule has 0 amide bonds. The third kappa shape index (κ3) is 11.1. The van der Waals surface area contributed by atoms with E-state index >= 15 is 0 Å². The topological polar surface area (TPSA) is 18.5 Å². The fourth-order valence-electron chi connectivity index (χ4n) is 5.38. The molecule has 238 valence electrons. The first-order valence-corrected chi connectivity index (χ1v) is 15.9. The number of allylic oxidation sites excluding steroid dienone is 1. The predicted octanol–water partition coefficient (Wildman–Crippen LogP) is 11.7. The number of ether oxygens (including phenoxy) is 2. The molecule has 0 saturated heterocycles. The average molecular weight is 619 g/mol. The van der Waals surface area contributed by atoms with Crippen molar-refractivity contribution in [3.8, 4) is 33.8 Å². The Bertz CT molecular complexity index is 1360. The fraction of sp³-hybridized carbons (Fsp3) is 0.333. The molecule has 0 aliphatic carbocycles. The zero-order chi connectivity index (χ0) is 31.9. The van der Waals surface area contributed by atoms with Gasteiger partial charge in [0.25, 0.3) is 0 Å². The molecule has 0 aromatic heterocycles. The molecule has 0 saturated carbocycles. The molecule has 0 spiro atoms. The molecule has 4 aromatic rings. The van der Waals surface area contributed by atoms with E-state index < -0.39 is 0 Å². The molecule has 4 rings (SSSR count). The predicted molar refractivity (Wildman–Crippen MR) is 174 cm³/mol. The van der Waals surface area contributed by atoms with Crippen LogP contribution in [0.15, 0.2) is 97.6 Å². The van der Waals surface area contributed by atoms with Gasteiger partial charge in [0.1, 0.15) is 34.8 Å². The highest BCUT2D eigenvalue weighted by Crippen LogP contribution is 2.28. The van der Waals surface area contributed by atoms with Gasteiger partial charge in [-0.3, -0.25) is 0 Å². The molecule has 2 nitrogen and oxygen atoms in total. The van der Waals surface area contributed by atoms with Crippen LogP contribution in [0.5, 0.6) is 11.5 Å². The monoisotopic (exact) mass is 618 g/mol. The van der Waals surface area contributed by atoms with Crippen molar-refractivity contribution in [3.05, 3.63) is 121 Å². The molecule has 0 fully saturated rings. The van der Waals surface area contributed by atoms with Gasteiger partial charge in [-0.25, -0.2) is 17.6 Å². The molecule has 4 aromatic carbocycles. The van der Waals surface area contributed by atoms with Gasteiger partial charge in [0.05, 0.1) is 13.2 Å². The van der Waals surface area contributed by atoms with Crippen molar-refractivity contribution in [1.82, 2.24) is 0 Å². The van der Waals surface area contributed by atoms with Gasteiger partial charge in [0.2, 0.25) is 0 Å². The molecule has 0 radical (unpaired) electrons. The summed E-state index contributed by atoms with van der Waals surface area (Å²) in [6.07, 6.45) is 12.8. The highest BCUT2D eigenvalue weighted by atomic mass is 19.1. The van der Waals surface area contributed by atoms with Crippen LogP contribution in [-0.2, 0) is 0 Å². The van der Waals surface area contributed by atoms with Crippen molar-refractivity contribution in [1.29, 1.82) is 0 Å². The summed E-state index contributed by atoms with van der Waals surface area (Å²) in [6, 6.07) is 21.2. The van der Waals surface area contributed by atoms with E-state index in [1.54, 1.807) is 48.5 Å². The van der Waals surface area contributed by atoms with E-state index in [2.05, 4.69) is 12.7 Å². The molecule has 0 atom stereocenters. The van der Waals surface area contributed by atoms with Gasteiger partial charge in [0.15, 0.2) is 0 Å². The summed E-state index contributed by atoms with van der Waals surface area (Å²) in [5, 5.41) is 0. The largest absolute Gasteiger partial charge is 0.493 e. The van der Waals surface area contributed by atoms with Crippen LogP contribution in [0, 0.1) is 29.2 Å². The Labute approximate surface area is 264 Å². The van der Waals surface area contributed by atoms with Crippen LogP contribution in [0.3, 0.4) is 0 Å².